The summed E-state index contributed by atoms with van der Waals surface area (Å²) in [6, 6.07) is 11.9. The van der Waals surface area contributed by atoms with Crippen LogP contribution in [0.15, 0.2) is 60.8 Å². The van der Waals surface area contributed by atoms with Crippen molar-refractivity contribution in [3.8, 4) is 22.8 Å². The highest BCUT2D eigenvalue weighted by Crippen LogP contribution is 2.37. The summed E-state index contributed by atoms with van der Waals surface area (Å²) in [7, 11) is 0. The lowest BCUT2D eigenvalue weighted by Crippen LogP contribution is -2.17. The van der Waals surface area contributed by atoms with Gasteiger partial charge in [-0.05, 0) is 67.8 Å². The Morgan fingerprint density at radius 3 is 2.28 bits per heavy atom. The third kappa shape index (κ3) is 6.81. The van der Waals surface area contributed by atoms with Crippen molar-refractivity contribution in [1.82, 2.24) is 9.55 Å². The summed E-state index contributed by atoms with van der Waals surface area (Å²) < 4.78 is 95.4. The van der Waals surface area contributed by atoms with E-state index in [2.05, 4.69) is 9.72 Å². The number of aromatic nitrogens is 2. The fourth-order valence-electron chi connectivity index (χ4n) is 4.00. The van der Waals surface area contributed by atoms with Crippen LogP contribution in [0.2, 0.25) is 0 Å². The molecule has 0 saturated carbocycles. The lowest BCUT2D eigenvalue weighted by atomic mass is 10.0. The quantitative estimate of drug-likeness (QED) is 0.173. The number of alkyl halides is 6. The summed E-state index contributed by atoms with van der Waals surface area (Å²) in [5.41, 5.74) is -0.377. The maximum Gasteiger partial charge on any atom is 0.573 e. The monoisotopic (exact) mass is 552 g/mol. The van der Waals surface area contributed by atoms with Crippen molar-refractivity contribution in [3.05, 3.63) is 77.6 Å². The molecule has 0 unspecified atom stereocenters. The zero-order valence-corrected chi connectivity index (χ0v) is 20.7. The number of esters is 1. The Kier molecular flexibility index (Phi) is 7.75. The first-order valence-electron chi connectivity index (χ1n) is 11.7. The number of rotatable bonds is 8. The maximum atomic E-state index is 14.0. The van der Waals surface area contributed by atoms with Gasteiger partial charge in [-0.25, -0.2) is 0 Å². The van der Waals surface area contributed by atoms with E-state index in [0.29, 0.717) is 5.52 Å². The van der Waals surface area contributed by atoms with Crippen molar-refractivity contribution in [2.75, 3.05) is 6.61 Å². The van der Waals surface area contributed by atoms with Crippen molar-refractivity contribution in [3.63, 3.8) is 0 Å². The summed E-state index contributed by atoms with van der Waals surface area (Å²) >= 11 is 0. The SMILES string of the molecule is CCOC(=O)Cn1ccc2ccc(OCc3c(C(F)(F)F)cc(-c4ccc(OC(F)(F)F)cc4)nc3C)cc21. The summed E-state index contributed by atoms with van der Waals surface area (Å²) in [5.74, 6) is -0.655. The minimum atomic E-state index is -4.89. The molecule has 0 bridgehead atoms. The first-order chi connectivity index (χ1) is 18.3. The average molecular weight is 552 g/mol. The summed E-state index contributed by atoms with van der Waals surface area (Å²) in [5, 5.41) is 0.802. The van der Waals surface area contributed by atoms with E-state index in [9.17, 15) is 31.1 Å². The smallest absolute Gasteiger partial charge is 0.489 e. The average Bonchev–Trinajstić information content (AvgIpc) is 3.23. The summed E-state index contributed by atoms with van der Waals surface area (Å²) in [4.78, 5) is 16.1. The van der Waals surface area contributed by atoms with Gasteiger partial charge in [0, 0.05) is 29.1 Å². The zero-order valence-electron chi connectivity index (χ0n) is 20.7. The fourth-order valence-corrected chi connectivity index (χ4v) is 4.00. The van der Waals surface area contributed by atoms with Gasteiger partial charge in [0.15, 0.2) is 0 Å². The minimum Gasteiger partial charge on any atom is -0.489 e. The lowest BCUT2D eigenvalue weighted by Gasteiger charge is -2.18. The molecule has 39 heavy (non-hydrogen) atoms. The van der Waals surface area contributed by atoms with Crippen LogP contribution in [0, 0.1) is 6.92 Å². The standard InChI is InChI=1S/C27H22F6N2O4/c1-3-37-25(36)14-35-11-10-18-6-9-20(12-24(18)35)38-15-21-16(2)34-23(13-22(21)26(28,29)30)17-4-7-19(8-5-17)39-27(31,32)33/h4-13H,3,14-15H2,1-2H3. The molecule has 0 atom stereocenters. The molecule has 0 radical (unpaired) electrons. The number of pyridine rings is 1. The van der Waals surface area contributed by atoms with E-state index in [4.69, 9.17) is 9.47 Å². The van der Waals surface area contributed by atoms with Crippen LogP contribution in [0.25, 0.3) is 22.2 Å². The van der Waals surface area contributed by atoms with Gasteiger partial charge in [0.05, 0.1) is 23.4 Å². The Bertz CT molecular complexity index is 1480. The lowest BCUT2D eigenvalue weighted by molar-refractivity contribution is -0.274. The molecule has 0 aliphatic heterocycles. The Morgan fingerprint density at radius 2 is 1.64 bits per heavy atom. The number of carbonyl (C=O) groups is 1. The van der Waals surface area contributed by atoms with E-state index in [1.807, 2.05) is 0 Å². The Morgan fingerprint density at radius 1 is 0.949 bits per heavy atom. The minimum absolute atomic E-state index is 0.0349. The van der Waals surface area contributed by atoms with Gasteiger partial charge in [-0.3, -0.25) is 9.78 Å². The number of benzene rings is 2. The van der Waals surface area contributed by atoms with E-state index >= 15 is 0 Å². The first kappa shape index (κ1) is 27.8. The molecule has 0 saturated heterocycles. The molecule has 0 amide bonds. The number of nitrogens with zero attached hydrogens (tertiary/aromatic N) is 2. The fraction of sp³-hybridized carbons (Fsp3) is 0.259. The molecule has 0 fully saturated rings. The van der Waals surface area contributed by atoms with Gasteiger partial charge in [0.2, 0.25) is 0 Å². The zero-order chi connectivity index (χ0) is 28.4. The number of carbonyl (C=O) groups excluding carboxylic acids is 1. The Hall–Kier alpha value is -4.22. The number of ether oxygens (including phenoxy) is 3. The predicted octanol–water partition coefficient (Wildman–Crippen LogP) is 7.07. The molecule has 2 aromatic heterocycles. The van der Waals surface area contributed by atoms with Crippen molar-refractivity contribution in [1.29, 1.82) is 0 Å². The van der Waals surface area contributed by atoms with Crippen LogP contribution in [-0.4, -0.2) is 28.5 Å². The molecule has 2 aromatic carbocycles. The third-order valence-corrected chi connectivity index (χ3v) is 5.75. The molecule has 4 rings (SSSR count). The Labute approximate surface area is 218 Å². The van der Waals surface area contributed by atoms with Gasteiger partial charge in [-0.15, -0.1) is 13.2 Å². The number of hydrogen-bond acceptors (Lipinski definition) is 5. The van der Waals surface area contributed by atoms with Crippen LogP contribution in [0.4, 0.5) is 26.3 Å². The number of aryl methyl sites for hydroxylation is 1. The van der Waals surface area contributed by atoms with Gasteiger partial charge < -0.3 is 18.8 Å². The van der Waals surface area contributed by atoms with Gasteiger partial charge in [0.1, 0.15) is 24.7 Å². The van der Waals surface area contributed by atoms with Crippen LogP contribution in [0.5, 0.6) is 11.5 Å². The van der Waals surface area contributed by atoms with Crippen LogP contribution in [0.1, 0.15) is 23.7 Å². The van der Waals surface area contributed by atoms with Crippen molar-refractivity contribution < 1.29 is 45.3 Å². The Balaban J connectivity index is 1.59. The molecule has 0 N–H and O–H groups in total. The summed E-state index contributed by atoms with van der Waals surface area (Å²) in [6.07, 6.45) is -7.95. The second-order valence-corrected chi connectivity index (χ2v) is 8.45. The van der Waals surface area contributed by atoms with Crippen molar-refractivity contribution in [2.45, 2.75) is 39.5 Å². The second kappa shape index (κ2) is 10.9. The number of halogens is 6. The highest BCUT2D eigenvalue weighted by atomic mass is 19.4. The van der Waals surface area contributed by atoms with Crippen molar-refractivity contribution >= 4 is 16.9 Å². The largest absolute Gasteiger partial charge is 0.573 e. The highest BCUT2D eigenvalue weighted by Gasteiger charge is 2.35. The molecular weight excluding hydrogens is 530 g/mol. The second-order valence-electron chi connectivity index (χ2n) is 8.45. The molecule has 12 heteroatoms. The molecular formula is C27H22F6N2O4. The van der Waals surface area contributed by atoms with Gasteiger partial charge in [-0.2, -0.15) is 13.2 Å². The first-order valence-corrected chi connectivity index (χ1v) is 11.7. The van der Waals surface area contributed by atoms with E-state index in [-0.39, 0.29) is 41.4 Å². The molecule has 0 spiro atoms. The molecule has 0 aliphatic rings. The van der Waals surface area contributed by atoms with Gasteiger partial charge in [-0.1, -0.05) is 0 Å². The van der Waals surface area contributed by atoms with Crippen LogP contribution >= 0.6 is 0 Å². The van der Waals surface area contributed by atoms with E-state index < -0.39 is 36.4 Å². The van der Waals surface area contributed by atoms with Gasteiger partial charge in [0.25, 0.3) is 0 Å². The molecule has 6 nitrogen and oxygen atoms in total. The molecule has 0 aliphatic carbocycles. The van der Waals surface area contributed by atoms with Gasteiger partial charge >= 0.3 is 18.5 Å². The van der Waals surface area contributed by atoms with Crippen LogP contribution in [0.3, 0.4) is 0 Å². The molecule has 2 heterocycles. The number of hydrogen-bond donors (Lipinski definition) is 0. The van der Waals surface area contributed by atoms with E-state index in [0.717, 1.165) is 23.6 Å². The van der Waals surface area contributed by atoms with Crippen LogP contribution in [-0.2, 0) is 28.9 Å². The van der Waals surface area contributed by atoms with E-state index in [1.165, 1.54) is 19.1 Å². The maximum absolute atomic E-state index is 14.0. The summed E-state index contributed by atoms with van der Waals surface area (Å²) in [6.45, 7) is 2.84. The van der Waals surface area contributed by atoms with Crippen LogP contribution < -0.4 is 9.47 Å². The third-order valence-electron chi connectivity index (χ3n) is 5.75. The highest BCUT2D eigenvalue weighted by molar-refractivity contribution is 5.83. The topological polar surface area (TPSA) is 62.6 Å². The van der Waals surface area contributed by atoms with Crippen molar-refractivity contribution in [2.24, 2.45) is 0 Å². The molecule has 4 aromatic rings. The predicted molar refractivity (Wildman–Crippen MR) is 129 cm³/mol. The molecule has 206 valence electrons. The number of fused-ring (bicyclic) bond motifs is 1. The normalized spacial score (nSPS) is 12.0. The van der Waals surface area contributed by atoms with E-state index in [1.54, 1.807) is 42.0 Å².